The maximum Gasteiger partial charge on any atom is 0.197 e. The monoisotopic (exact) mass is 567 g/mol. The first-order valence-electron chi connectivity index (χ1n) is 14.7. The van der Waals surface area contributed by atoms with Crippen LogP contribution in [0.5, 0.6) is 0 Å². The quantitative estimate of drug-likeness (QED) is 0.170. The fourth-order valence-electron chi connectivity index (χ4n) is 7.80. The van der Waals surface area contributed by atoms with Crippen molar-refractivity contribution in [2.45, 2.75) is 6.42 Å². The summed E-state index contributed by atoms with van der Waals surface area (Å²) < 4.78 is 2.22. The number of benzene rings is 6. The summed E-state index contributed by atoms with van der Waals surface area (Å²) in [6.45, 7) is 0. The predicted octanol–water partition coefficient (Wildman–Crippen LogP) is 4.84. The molecule has 1 aliphatic heterocycles. The lowest BCUT2D eigenvalue weighted by Crippen LogP contribution is -2.77. The molecule has 0 fully saturated rings. The Labute approximate surface area is 248 Å². The molecular formula is C39H25NO2Si. The Morgan fingerprint density at radius 1 is 0.465 bits per heavy atom. The van der Waals surface area contributed by atoms with Crippen LogP contribution in [0.15, 0.2) is 149 Å². The van der Waals surface area contributed by atoms with Crippen LogP contribution in [-0.2, 0) is 6.42 Å². The smallest absolute Gasteiger partial charge is 0.197 e. The van der Waals surface area contributed by atoms with Gasteiger partial charge in [-0.2, -0.15) is 0 Å². The standard InChI is InChI=1S/C39H25NO2Si/c41-38-28-17-8-9-20-33(28)40-36-29(38)18-11-19-30(36)39(42)31-22-23-35-32(37(31)40)24-25-12-7-10-21-34(25)43(35,26-13-3-1-4-14-26)27-15-5-2-6-16-27/h1-23H,24H2. The molecule has 0 saturated carbocycles. The van der Waals surface area contributed by atoms with E-state index in [9.17, 15) is 9.59 Å². The Morgan fingerprint density at radius 2 is 1.02 bits per heavy atom. The van der Waals surface area contributed by atoms with Crippen LogP contribution in [0.4, 0.5) is 0 Å². The minimum Gasteiger partial charge on any atom is -0.307 e. The Balaban J connectivity index is 1.59. The van der Waals surface area contributed by atoms with Gasteiger partial charge in [0.05, 0.1) is 16.6 Å². The van der Waals surface area contributed by atoms with Crippen molar-refractivity contribution < 1.29 is 0 Å². The van der Waals surface area contributed by atoms with Gasteiger partial charge in [0, 0.05) is 21.5 Å². The molecule has 6 aromatic carbocycles. The predicted molar refractivity (Wildman–Crippen MR) is 180 cm³/mol. The second-order valence-corrected chi connectivity index (χ2v) is 15.2. The van der Waals surface area contributed by atoms with Crippen molar-refractivity contribution >= 4 is 66.9 Å². The van der Waals surface area contributed by atoms with E-state index in [4.69, 9.17) is 0 Å². The van der Waals surface area contributed by atoms with E-state index in [0.717, 1.165) is 11.0 Å². The number of para-hydroxylation sites is 2. The van der Waals surface area contributed by atoms with Gasteiger partial charge in [-0.15, -0.1) is 0 Å². The molecule has 43 heavy (non-hydrogen) atoms. The number of fused-ring (bicyclic) bond motifs is 7. The van der Waals surface area contributed by atoms with E-state index in [-0.39, 0.29) is 10.9 Å². The average molecular weight is 568 g/mol. The number of nitrogens with zero attached hydrogens (tertiary/aromatic N) is 1. The molecule has 4 heteroatoms. The molecule has 1 aliphatic rings. The second-order valence-electron chi connectivity index (χ2n) is 11.5. The largest absolute Gasteiger partial charge is 0.307 e. The maximum atomic E-state index is 14.3. The van der Waals surface area contributed by atoms with E-state index in [0.29, 0.717) is 33.5 Å². The van der Waals surface area contributed by atoms with Crippen LogP contribution in [0.1, 0.15) is 11.1 Å². The highest BCUT2D eigenvalue weighted by Crippen LogP contribution is 2.31. The van der Waals surface area contributed by atoms with Crippen molar-refractivity contribution in [2.75, 3.05) is 0 Å². The second kappa shape index (κ2) is 8.84. The van der Waals surface area contributed by atoms with Crippen molar-refractivity contribution in [3.8, 4) is 0 Å². The Kier molecular flexibility index (Phi) is 4.99. The third kappa shape index (κ3) is 3.08. The van der Waals surface area contributed by atoms with Crippen LogP contribution in [-0.4, -0.2) is 12.5 Å². The average Bonchev–Trinajstić information content (AvgIpc) is 3.07. The summed E-state index contributed by atoms with van der Waals surface area (Å²) >= 11 is 0. The molecule has 0 spiro atoms. The summed E-state index contributed by atoms with van der Waals surface area (Å²) in [6, 6.07) is 48.3. The lowest BCUT2D eigenvalue weighted by Gasteiger charge is -2.41. The lowest BCUT2D eigenvalue weighted by molar-refractivity contribution is 1.19. The molecule has 0 N–H and O–H groups in total. The molecule has 202 valence electrons. The van der Waals surface area contributed by atoms with Crippen LogP contribution in [0, 0.1) is 0 Å². The van der Waals surface area contributed by atoms with Crippen LogP contribution < -0.4 is 31.6 Å². The summed E-state index contributed by atoms with van der Waals surface area (Å²) in [6.07, 6.45) is 0.709. The van der Waals surface area contributed by atoms with Gasteiger partial charge in [-0.3, -0.25) is 9.59 Å². The zero-order valence-corrected chi connectivity index (χ0v) is 24.2. The topological polar surface area (TPSA) is 38.5 Å². The molecule has 0 aliphatic carbocycles. The first-order chi connectivity index (χ1) is 21.2. The molecule has 0 bridgehead atoms. The van der Waals surface area contributed by atoms with Crippen molar-refractivity contribution in [2.24, 2.45) is 0 Å². The van der Waals surface area contributed by atoms with Gasteiger partial charge < -0.3 is 4.40 Å². The molecular weight excluding hydrogens is 543 g/mol. The summed E-state index contributed by atoms with van der Waals surface area (Å²) in [4.78, 5) is 28.0. The van der Waals surface area contributed by atoms with Gasteiger partial charge in [-0.25, -0.2) is 0 Å². The SMILES string of the molecule is O=c1c2ccccc2n2c3c4c(ccc3c(=O)c3cccc1c32)[Si](c1ccccc1)(c1ccccc1)c1ccccc1C4. The van der Waals surface area contributed by atoms with Gasteiger partial charge in [0.1, 0.15) is 0 Å². The van der Waals surface area contributed by atoms with Gasteiger partial charge >= 0.3 is 0 Å². The first-order valence-corrected chi connectivity index (χ1v) is 16.7. The number of pyridine rings is 2. The highest BCUT2D eigenvalue weighted by molar-refractivity contribution is 7.20. The number of rotatable bonds is 2. The number of hydrogen-bond donors (Lipinski definition) is 0. The molecule has 3 heterocycles. The van der Waals surface area contributed by atoms with Crippen LogP contribution in [0.25, 0.3) is 38.1 Å². The third-order valence-electron chi connectivity index (χ3n) is 9.50. The third-order valence-corrected chi connectivity index (χ3v) is 14.5. The van der Waals surface area contributed by atoms with Gasteiger partial charge in [-0.1, -0.05) is 109 Å². The summed E-state index contributed by atoms with van der Waals surface area (Å²) in [5, 5.41) is 7.82. The molecule has 0 radical (unpaired) electrons. The summed E-state index contributed by atoms with van der Waals surface area (Å²) in [5.41, 5.74) is 4.86. The molecule has 0 saturated heterocycles. The molecule has 2 aromatic heterocycles. The van der Waals surface area contributed by atoms with E-state index in [2.05, 4.69) is 95.4 Å². The Hall–Kier alpha value is -5.32. The highest BCUT2D eigenvalue weighted by atomic mass is 28.3. The minimum absolute atomic E-state index is 0.0244. The molecule has 3 nitrogen and oxygen atoms in total. The number of hydrogen-bond acceptors (Lipinski definition) is 2. The molecule has 0 amide bonds. The van der Waals surface area contributed by atoms with Gasteiger partial charge in [-0.05, 0) is 68.6 Å². The summed E-state index contributed by atoms with van der Waals surface area (Å²) in [5.74, 6) is 0. The molecule has 9 rings (SSSR count). The van der Waals surface area contributed by atoms with Gasteiger partial charge in [0.25, 0.3) is 0 Å². The van der Waals surface area contributed by atoms with Crippen molar-refractivity contribution in [3.63, 3.8) is 0 Å². The van der Waals surface area contributed by atoms with Gasteiger partial charge in [0.15, 0.2) is 18.9 Å². The van der Waals surface area contributed by atoms with Crippen molar-refractivity contribution in [1.82, 2.24) is 4.40 Å². The molecule has 8 aromatic rings. The fraction of sp³-hybridized carbons (Fsp3) is 0.0256. The van der Waals surface area contributed by atoms with Crippen molar-refractivity contribution in [3.05, 3.63) is 171 Å². The van der Waals surface area contributed by atoms with Crippen LogP contribution in [0.3, 0.4) is 0 Å². The molecule has 0 unspecified atom stereocenters. The zero-order chi connectivity index (χ0) is 28.7. The minimum atomic E-state index is -2.80. The molecule has 0 atom stereocenters. The van der Waals surface area contributed by atoms with E-state index in [1.807, 2.05) is 48.5 Å². The normalized spacial score (nSPS) is 13.9. The van der Waals surface area contributed by atoms with E-state index in [1.54, 1.807) is 0 Å². The fourth-order valence-corrected chi connectivity index (χ4v) is 13.0. The first kappa shape index (κ1) is 24.3. The highest BCUT2D eigenvalue weighted by Gasteiger charge is 2.47. The van der Waals surface area contributed by atoms with Crippen LogP contribution in [0.2, 0.25) is 0 Å². The number of aromatic nitrogens is 1. The van der Waals surface area contributed by atoms with Crippen LogP contribution >= 0.6 is 0 Å². The van der Waals surface area contributed by atoms with E-state index in [1.165, 1.54) is 31.9 Å². The summed E-state index contributed by atoms with van der Waals surface area (Å²) in [7, 11) is -2.80. The maximum absolute atomic E-state index is 14.3. The Bertz CT molecular complexity index is 2460. The van der Waals surface area contributed by atoms with Crippen molar-refractivity contribution in [1.29, 1.82) is 0 Å². The van der Waals surface area contributed by atoms with E-state index < -0.39 is 8.07 Å². The Morgan fingerprint density at radius 3 is 1.74 bits per heavy atom. The lowest BCUT2D eigenvalue weighted by atomic mass is 9.97. The van der Waals surface area contributed by atoms with E-state index >= 15 is 0 Å². The van der Waals surface area contributed by atoms with Gasteiger partial charge in [0.2, 0.25) is 0 Å². The zero-order valence-electron chi connectivity index (χ0n) is 23.2.